The Balaban J connectivity index is 0.00000226. The maximum atomic E-state index is 13.1. The van der Waals surface area contributed by atoms with E-state index in [1.807, 2.05) is 52.0 Å². The van der Waals surface area contributed by atoms with Crippen molar-refractivity contribution < 1.29 is 37.3 Å². The number of carbonyl (C=O) groups is 1. The van der Waals surface area contributed by atoms with Gasteiger partial charge < -0.3 is 19.3 Å². The maximum Gasteiger partial charge on any atom is 0.416 e. The van der Waals surface area contributed by atoms with Crippen molar-refractivity contribution in [1.82, 2.24) is 9.55 Å². The van der Waals surface area contributed by atoms with E-state index in [2.05, 4.69) is 4.98 Å². The molecule has 1 N–H and O–H groups in total. The summed E-state index contributed by atoms with van der Waals surface area (Å²) in [5, 5.41) is 8.80. The Labute approximate surface area is 237 Å². The lowest BCUT2D eigenvalue weighted by Crippen LogP contribution is -2.10. The molecule has 1 heterocycles. The molecule has 0 saturated heterocycles. The van der Waals surface area contributed by atoms with Crippen LogP contribution in [0.1, 0.15) is 44.5 Å². The minimum atomic E-state index is -4.44. The number of aliphatic carboxylic acids is 1. The molecule has 0 aliphatic heterocycles. The zero-order chi connectivity index (χ0) is 30.2. The molecule has 0 amide bonds. The monoisotopic (exact) mass is 570 g/mol. The van der Waals surface area contributed by atoms with Gasteiger partial charge >= 0.3 is 12.1 Å². The van der Waals surface area contributed by atoms with E-state index < -0.39 is 24.3 Å². The van der Waals surface area contributed by atoms with E-state index in [1.54, 1.807) is 35.9 Å². The number of hydrogen-bond acceptors (Lipinski definition) is 5. The zero-order valence-corrected chi connectivity index (χ0v) is 23.5. The van der Waals surface area contributed by atoms with Crippen LogP contribution in [0.2, 0.25) is 0 Å². The molecule has 10 heteroatoms. The van der Waals surface area contributed by atoms with E-state index in [4.69, 9.17) is 19.3 Å². The lowest BCUT2D eigenvalue weighted by Gasteiger charge is -2.12. The summed E-state index contributed by atoms with van der Waals surface area (Å²) in [6.07, 6.45) is -2.66. The Hall–Kier alpha value is -4.47. The Morgan fingerprint density at radius 3 is 2.15 bits per heavy atom. The first-order chi connectivity index (χ1) is 19.5. The molecule has 41 heavy (non-hydrogen) atoms. The number of aryl methyl sites for hydroxylation is 1. The summed E-state index contributed by atoms with van der Waals surface area (Å²) in [5.74, 6) is 1.03. The SMILES string of the molecule is CC.Cc1cc(OCc2cn(-c3ccc(OC(C)C)cc3)c(-c3ccc(C(F)(F)F)cc3)n2)ccc1OCC(=O)O. The second-order valence-corrected chi connectivity index (χ2v) is 9.06. The van der Waals surface area contributed by atoms with E-state index in [0.29, 0.717) is 39.9 Å². The number of nitrogens with zero attached hydrogens (tertiary/aromatic N) is 2. The molecule has 1 aromatic heterocycles. The molecule has 0 fully saturated rings. The predicted molar refractivity (Wildman–Crippen MR) is 150 cm³/mol. The van der Waals surface area contributed by atoms with Crippen molar-refractivity contribution in [2.75, 3.05) is 6.61 Å². The van der Waals surface area contributed by atoms with Crippen molar-refractivity contribution >= 4 is 5.97 Å². The number of ether oxygens (including phenoxy) is 3. The van der Waals surface area contributed by atoms with E-state index in [9.17, 15) is 18.0 Å². The number of carboxylic acids is 1. The molecule has 0 aliphatic rings. The molecule has 0 atom stereocenters. The van der Waals surface area contributed by atoms with E-state index in [1.165, 1.54) is 12.1 Å². The smallest absolute Gasteiger partial charge is 0.416 e. The van der Waals surface area contributed by atoms with Gasteiger partial charge in [0.1, 0.15) is 29.7 Å². The lowest BCUT2D eigenvalue weighted by atomic mass is 10.1. The summed E-state index contributed by atoms with van der Waals surface area (Å²) < 4.78 is 58.0. The third kappa shape index (κ3) is 8.51. The van der Waals surface area contributed by atoms with Crippen LogP contribution in [0.5, 0.6) is 17.2 Å². The second kappa shape index (κ2) is 13.7. The predicted octanol–water partition coefficient (Wildman–Crippen LogP) is 7.72. The molecule has 4 rings (SSSR count). The van der Waals surface area contributed by atoms with Crippen LogP contribution in [-0.2, 0) is 17.6 Å². The highest BCUT2D eigenvalue weighted by molar-refractivity contribution is 5.68. The fraction of sp³-hybridized carbons (Fsp3) is 0.290. The summed E-state index contributed by atoms with van der Waals surface area (Å²) in [6.45, 7) is 9.27. The van der Waals surface area contributed by atoms with Crippen molar-refractivity contribution in [3.05, 3.63) is 89.7 Å². The van der Waals surface area contributed by atoms with Crippen molar-refractivity contribution in [2.24, 2.45) is 0 Å². The van der Waals surface area contributed by atoms with Gasteiger partial charge in [0.2, 0.25) is 0 Å². The number of aromatic nitrogens is 2. The van der Waals surface area contributed by atoms with Gasteiger partial charge in [0, 0.05) is 17.4 Å². The van der Waals surface area contributed by atoms with Crippen LogP contribution in [0.25, 0.3) is 17.1 Å². The van der Waals surface area contributed by atoms with Crippen molar-refractivity contribution in [1.29, 1.82) is 0 Å². The largest absolute Gasteiger partial charge is 0.491 e. The fourth-order valence-corrected chi connectivity index (χ4v) is 3.84. The first kappa shape index (κ1) is 31.1. The molecule has 7 nitrogen and oxygen atoms in total. The number of hydrogen-bond donors (Lipinski definition) is 1. The van der Waals surface area contributed by atoms with Gasteiger partial charge in [-0.2, -0.15) is 13.2 Å². The maximum absolute atomic E-state index is 13.1. The number of carboxylic acid groups (broad SMARTS) is 1. The Morgan fingerprint density at radius 1 is 0.951 bits per heavy atom. The Morgan fingerprint density at radius 2 is 1.59 bits per heavy atom. The van der Waals surface area contributed by atoms with E-state index in [0.717, 1.165) is 17.8 Å². The van der Waals surface area contributed by atoms with Crippen molar-refractivity contribution in [3.8, 4) is 34.3 Å². The molecule has 0 spiro atoms. The standard InChI is InChI=1S/C29H27F3N2O5.C2H6/c1-18(2)39-24-10-8-23(9-11-24)34-15-22(33-28(34)20-4-6-21(7-5-20)29(30,31)32)16-37-25-12-13-26(19(3)14-25)38-17-27(35)36;1-2/h4-15,18H,16-17H2,1-3H3,(H,35,36);1-2H3. The normalized spacial score (nSPS) is 11.0. The van der Waals surface area contributed by atoms with Gasteiger partial charge in [-0.05, 0) is 80.9 Å². The summed E-state index contributed by atoms with van der Waals surface area (Å²) in [6, 6.07) is 17.2. The molecule has 0 radical (unpaired) electrons. The van der Waals surface area contributed by atoms with Gasteiger partial charge in [0.15, 0.2) is 6.61 Å². The van der Waals surface area contributed by atoms with Crippen LogP contribution in [0, 0.1) is 6.92 Å². The lowest BCUT2D eigenvalue weighted by molar-refractivity contribution is -0.139. The van der Waals surface area contributed by atoms with Crippen LogP contribution >= 0.6 is 0 Å². The third-order valence-corrected chi connectivity index (χ3v) is 5.60. The molecule has 4 aromatic rings. The summed E-state index contributed by atoms with van der Waals surface area (Å²) in [4.78, 5) is 15.4. The van der Waals surface area contributed by atoms with Gasteiger partial charge in [-0.1, -0.05) is 26.0 Å². The molecular formula is C31H33F3N2O5. The summed E-state index contributed by atoms with van der Waals surface area (Å²) in [7, 11) is 0. The molecule has 0 bridgehead atoms. The quantitative estimate of drug-likeness (QED) is 0.210. The highest BCUT2D eigenvalue weighted by Crippen LogP contribution is 2.32. The van der Waals surface area contributed by atoms with Crippen molar-refractivity contribution in [2.45, 2.75) is 53.5 Å². The average Bonchev–Trinajstić information content (AvgIpc) is 3.36. The van der Waals surface area contributed by atoms with Crippen LogP contribution in [0.4, 0.5) is 13.2 Å². The molecule has 0 unspecified atom stereocenters. The van der Waals surface area contributed by atoms with Gasteiger partial charge in [-0.15, -0.1) is 0 Å². The number of halogens is 3. The minimum absolute atomic E-state index is 0.0111. The van der Waals surface area contributed by atoms with Crippen LogP contribution in [0.3, 0.4) is 0 Å². The first-order valence-electron chi connectivity index (χ1n) is 13.1. The topological polar surface area (TPSA) is 82.8 Å². The molecule has 218 valence electrons. The molecule has 3 aromatic carbocycles. The van der Waals surface area contributed by atoms with Gasteiger partial charge in [0.25, 0.3) is 0 Å². The van der Waals surface area contributed by atoms with E-state index >= 15 is 0 Å². The molecular weight excluding hydrogens is 537 g/mol. The highest BCUT2D eigenvalue weighted by atomic mass is 19.4. The number of alkyl halides is 3. The third-order valence-electron chi connectivity index (χ3n) is 5.60. The summed E-state index contributed by atoms with van der Waals surface area (Å²) in [5.41, 5.74) is 1.77. The molecule has 0 aliphatic carbocycles. The number of benzene rings is 3. The number of rotatable bonds is 10. The Kier molecular flexibility index (Phi) is 10.4. The molecule has 0 saturated carbocycles. The van der Waals surface area contributed by atoms with Gasteiger partial charge in [-0.3, -0.25) is 4.57 Å². The first-order valence-corrected chi connectivity index (χ1v) is 13.1. The average molecular weight is 571 g/mol. The number of imidazole rings is 1. The van der Waals surface area contributed by atoms with Crippen LogP contribution in [0.15, 0.2) is 72.9 Å². The summed E-state index contributed by atoms with van der Waals surface area (Å²) >= 11 is 0. The minimum Gasteiger partial charge on any atom is -0.491 e. The van der Waals surface area contributed by atoms with Crippen LogP contribution in [-0.4, -0.2) is 33.3 Å². The van der Waals surface area contributed by atoms with Gasteiger partial charge in [0.05, 0.1) is 17.4 Å². The van der Waals surface area contributed by atoms with Crippen LogP contribution < -0.4 is 14.2 Å². The zero-order valence-electron chi connectivity index (χ0n) is 23.5. The van der Waals surface area contributed by atoms with Crippen molar-refractivity contribution in [3.63, 3.8) is 0 Å². The van der Waals surface area contributed by atoms with E-state index in [-0.39, 0.29) is 12.7 Å². The highest BCUT2D eigenvalue weighted by Gasteiger charge is 2.30. The fourth-order valence-electron chi connectivity index (χ4n) is 3.84. The Bertz CT molecular complexity index is 1430. The second-order valence-electron chi connectivity index (χ2n) is 9.06. The van der Waals surface area contributed by atoms with Gasteiger partial charge in [-0.25, -0.2) is 9.78 Å².